The largest absolute Gasteiger partial charge is 0.393 e. The quantitative estimate of drug-likeness (QED) is 0.726. The van der Waals surface area contributed by atoms with E-state index in [-0.39, 0.29) is 24.0 Å². The number of hydrogen-bond donors (Lipinski definition) is 2. The summed E-state index contributed by atoms with van der Waals surface area (Å²) in [4.78, 5) is 0. The summed E-state index contributed by atoms with van der Waals surface area (Å²) in [6.07, 6.45) is -0.285. The lowest BCUT2D eigenvalue weighted by molar-refractivity contribution is -0.394. The highest BCUT2D eigenvalue weighted by atomic mass is 16.8. The highest BCUT2D eigenvalue weighted by molar-refractivity contribution is 5.25. The molecule has 1 aliphatic carbocycles. The molecule has 4 fully saturated rings. The van der Waals surface area contributed by atoms with Crippen LogP contribution in [0.3, 0.4) is 0 Å². The lowest BCUT2D eigenvalue weighted by Crippen LogP contribution is -2.62. The van der Waals surface area contributed by atoms with Crippen LogP contribution in [0.15, 0.2) is 0 Å². The van der Waals surface area contributed by atoms with Crippen LogP contribution in [0.4, 0.5) is 0 Å². The molecule has 0 aromatic rings. The molecule has 0 amide bonds. The van der Waals surface area contributed by atoms with Crippen molar-refractivity contribution in [3.63, 3.8) is 0 Å². The van der Waals surface area contributed by atoms with E-state index in [0.717, 1.165) is 13.0 Å². The van der Waals surface area contributed by atoms with Gasteiger partial charge >= 0.3 is 0 Å². The molecular formula is C14H22O5. The van der Waals surface area contributed by atoms with E-state index in [1.165, 1.54) is 0 Å². The monoisotopic (exact) mass is 270 g/mol. The van der Waals surface area contributed by atoms with Gasteiger partial charge in [0, 0.05) is 17.9 Å². The van der Waals surface area contributed by atoms with E-state index in [1.807, 2.05) is 6.92 Å². The van der Waals surface area contributed by atoms with Gasteiger partial charge in [0.05, 0.1) is 18.1 Å². The second kappa shape index (κ2) is 3.34. The molecule has 1 saturated carbocycles. The molecular weight excluding hydrogens is 248 g/mol. The van der Waals surface area contributed by atoms with Gasteiger partial charge < -0.3 is 24.4 Å². The molecule has 108 valence electrons. The molecule has 8 atom stereocenters. The molecule has 0 spiro atoms. The van der Waals surface area contributed by atoms with Gasteiger partial charge in [0.1, 0.15) is 5.60 Å². The Morgan fingerprint density at radius 1 is 1.32 bits per heavy atom. The van der Waals surface area contributed by atoms with E-state index < -0.39 is 23.6 Å². The molecule has 3 heterocycles. The molecule has 3 aliphatic heterocycles. The molecule has 2 N–H and O–H groups in total. The minimum Gasteiger partial charge on any atom is -0.393 e. The second-order valence-electron chi connectivity index (χ2n) is 7.18. The van der Waals surface area contributed by atoms with Gasteiger partial charge in [-0.1, -0.05) is 13.8 Å². The molecule has 6 unspecified atom stereocenters. The topological polar surface area (TPSA) is 68.2 Å². The van der Waals surface area contributed by atoms with E-state index in [9.17, 15) is 10.2 Å². The van der Waals surface area contributed by atoms with Gasteiger partial charge in [-0.3, -0.25) is 0 Å². The summed E-state index contributed by atoms with van der Waals surface area (Å²) in [6.45, 7) is 6.96. The molecule has 4 rings (SSSR count). The van der Waals surface area contributed by atoms with Gasteiger partial charge in [0.25, 0.3) is 0 Å². The summed E-state index contributed by atoms with van der Waals surface area (Å²) in [6, 6.07) is 0. The first-order valence-corrected chi connectivity index (χ1v) is 7.14. The van der Waals surface area contributed by atoms with Crippen LogP contribution >= 0.6 is 0 Å². The van der Waals surface area contributed by atoms with Crippen LogP contribution in [0.25, 0.3) is 0 Å². The Hall–Kier alpha value is -0.200. The Morgan fingerprint density at radius 2 is 2.05 bits per heavy atom. The predicted octanol–water partition coefficient (Wildman–Crippen LogP) is 0.490. The SMILES string of the molecule is C[C@@H]1COC2CC3(C)C(CO)(OC4O[C@H](O)C43C)C21. The summed E-state index contributed by atoms with van der Waals surface area (Å²) < 4.78 is 17.4. The zero-order valence-corrected chi connectivity index (χ0v) is 11.6. The number of aliphatic hydroxyl groups is 2. The first kappa shape index (κ1) is 12.5. The van der Waals surface area contributed by atoms with Gasteiger partial charge in [-0.2, -0.15) is 0 Å². The second-order valence-corrected chi connectivity index (χ2v) is 7.18. The molecule has 3 saturated heterocycles. The van der Waals surface area contributed by atoms with Crippen LogP contribution in [0.2, 0.25) is 0 Å². The van der Waals surface area contributed by atoms with Gasteiger partial charge in [-0.15, -0.1) is 0 Å². The summed E-state index contributed by atoms with van der Waals surface area (Å²) in [7, 11) is 0. The van der Waals surface area contributed by atoms with E-state index in [4.69, 9.17) is 14.2 Å². The molecule has 0 radical (unpaired) electrons. The third kappa shape index (κ3) is 1.03. The maximum absolute atomic E-state index is 10.1. The fourth-order valence-corrected chi connectivity index (χ4v) is 5.26. The summed E-state index contributed by atoms with van der Waals surface area (Å²) in [5.74, 6) is 0.540. The van der Waals surface area contributed by atoms with Crippen molar-refractivity contribution in [3.8, 4) is 0 Å². The van der Waals surface area contributed by atoms with Crippen molar-refractivity contribution in [2.75, 3.05) is 13.2 Å². The molecule has 5 heteroatoms. The molecule has 0 aromatic heterocycles. The zero-order chi connectivity index (χ0) is 13.6. The summed E-state index contributed by atoms with van der Waals surface area (Å²) in [5.41, 5.74) is -1.42. The Labute approximate surface area is 112 Å². The molecule has 19 heavy (non-hydrogen) atoms. The van der Waals surface area contributed by atoms with Gasteiger partial charge in [-0.05, 0) is 19.3 Å². The number of rotatable bonds is 1. The van der Waals surface area contributed by atoms with Crippen LogP contribution in [0.1, 0.15) is 27.2 Å². The molecule has 5 nitrogen and oxygen atoms in total. The van der Waals surface area contributed by atoms with Crippen molar-refractivity contribution >= 4 is 0 Å². The lowest BCUT2D eigenvalue weighted by atomic mass is 9.56. The third-order valence-electron chi connectivity index (χ3n) is 6.66. The average molecular weight is 270 g/mol. The zero-order valence-electron chi connectivity index (χ0n) is 11.6. The third-order valence-corrected chi connectivity index (χ3v) is 6.66. The van der Waals surface area contributed by atoms with Crippen LogP contribution in [0.5, 0.6) is 0 Å². The Bertz CT molecular complexity index is 428. The van der Waals surface area contributed by atoms with Crippen molar-refractivity contribution in [2.24, 2.45) is 22.7 Å². The first-order chi connectivity index (χ1) is 8.90. The summed E-state index contributed by atoms with van der Waals surface area (Å²) >= 11 is 0. The molecule has 0 bridgehead atoms. The van der Waals surface area contributed by atoms with Gasteiger partial charge in [-0.25, -0.2) is 0 Å². The number of aliphatic hydroxyl groups excluding tert-OH is 2. The van der Waals surface area contributed by atoms with Crippen LogP contribution in [0, 0.1) is 22.7 Å². The van der Waals surface area contributed by atoms with Crippen LogP contribution in [-0.4, -0.2) is 47.7 Å². The van der Waals surface area contributed by atoms with Gasteiger partial charge in [0.2, 0.25) is 0 Å². The highest BCUT2D eigenvalue weighted by Gasteiger charge is 2.83. The molecule has 4 aliphatic rings. The van der Waals surface area contributed by atoms with Crippen molar-refractivity contribution in [3.05, 3.63) is 0 Å². The van der Waals surface area contributed by atoms with Crippen LogP contribution < -0.4 is 0 Å². The number of ether oxygens (including phenoxy) is 3. The Kier molecular flexibility index (Phi) is 2.20. The van der Waals surface area contributed by atoms with Gasteiger partial charge in [0.15, 0.2) is 12.6 Å². The minimum absolute atomic E-state index is 0.0411. The van der Waals surface area contributed by atoms with E-state index in [2.05, 4.69) is 13.8 Å². The lowest BCUT2D eigenvalue weighted by Gasteiger charge is -2.53. The fourth-order valence-electron chi connectivity index (χ4n) is 5.26. The van der Waals surface area contributed by atoms with Crippen molar-refractivity contribution in [1.82, 2.24) is 0 Å². The normalized spacial score (nSPS) is 66.5. The highest BCUT2D eigenvalue weighted by Crippen LogP contribution is 2.74. The number of hydrogen-bond acceptors (Lipinski definition) is 5. The smallest absolute Gasteiger partial charge is 0.172 e. The first-order valence-electron chi connectivity index (χ1n) is 7.14. The number of fused-ring (bicyclic) bond motifs is 5. The van der Waals surface area contributed by atoms with E-state index in [1.54, 1.807) is 0 Å². The van der Waals surface area contributed by atoms with Crippen LogP contribution in [-0.2, 0) is 14.2 Å². The Balaban J connectivity index is 1.85. The Morgan fingerprint density at radius 3 is 2.68 bits per heavy atom. The summed E-state index contributed by atoms with van der Waals surface area (Å²) in [5, 5.41) is 20.2. The minimum atomic E-state index is -0.815. The van der Waals surface area contributed by atoms with Crippen molar-refractivity contribution in [1.29, 1.82) is 0 Å². The van der Waals surface area contributed by atoms with Crippen molar-refractivity contribution < 1.29 is 24.4 Å². The maximum atomic E-state index is 10.1. The average Bonchev–Trinajstić information content (AvgIpc) is 2.90. The maximum Gasteiger partial charge on any atom is 0.172 e. The van der Waals surface area contributed by atoms with Crippen molar-refractivity contribution in [2.45, 2.75) is 51.5 Å². The predicted molar refractivity (Wildman–Crippen MR) is 65.0 cm³/mol. The van der Waals surface area contributed by atoms with E-state index >= 15 is 0 Å². The standard InChI is InChI=1S/C14H22O5/c1-7-5-17-8-4-12(2)13(3)10(16)18-11(13)19-14(12,6-15)9(7)8/h7-11,15-16H,4-6H2,1-3H3/t7-,8?,9?,10+,11?,12?,13?,14?/m1/s1. The van der Waals surface area contributed by atoms with E-state index in [0.29, 0.717) is 5.92 Å². The fraction of sp³-hybridized carbons (Fsp3) is 1.00. The molecule has 0 aromatic carbocycles.